The molecule has 2 rings (SSSR count). The van der Waals surface area contributed by atoms with Gasteiger partial charge >= 0.3 is 0 Å². The fourth-order valence-corrected chi connectivity index (χ4v) is 2.48. The molecule has 0 saturated carbocycles. The smallest absolute Gasteiger partial charge is 0.265 e. The number of ether oxygens (including phenoxy) is 1. The van der Waals surface area contributed by atoms with Crippen molar-refractivity contribution < 1.29 is 9.53 Å². The number of aryl methyl sites for hydroxylation is 1. The molecule has 0 bridgehead atoms. The lowest BCUT2D eigenvalue weighted by molar-refractivity contribution is -0.122. The van der Waals surface area contributed by atoms with Gasteiger partial charge in [0.25, 0.3) is 5.91 Å². The second-order valence-corrected chi connectivity index (χ2v) is 5.68. The van der Waals surface area contributed by atoms with E-state index in [1.165, 1.54) is 0 Å². The molecule has 1 amide bonds. The normalized spacial score (nSPS) is 11.8. The van der Waals surface area contributed by atoms with Gasteiger partial charge in [-0.3, -0.25) is 4.79 Å². The van der Waals surface area contributed by atoms with Crippen molar-refractivity contribution in [2.75, 3.05) is 5.32 Å². The standard InChI is InChI=1S/C17H17Cl2NO2/c1-3-14(22-15-10-5-4-7-11(15)2)17(21)20-16-12(18)8-6-9-13(16)19/h4-10,14H,3H2,1-2H3,(H,20,21)/t14-/m0/s1. The van der Waals surface area contributed by atoms with Gasteiger partial charge < -0.3 is 10.1 Å². The molecule has 0 spiro atoms. The van der Waals surface area contributed by atoms with Crippen LogP contribution in [0.4, 0.5) is 5.69 Å². The fourth-order valence-electron chi connectivity index (χ4n) is 1.99. The number of anilines is 1. The molecular weight excluding hydrogens is 321 g/mol. The lowest BCUT2D eigenvalue weighted by Crippen LogP contribution is -2.32. The zero-order valence-electron chi connectivity index (χ0n) is 12.4. The van der Waals surface area contributed by atoms with Gasteiger partial charge in [-0.1, -0.05) is 54.4 Å². The molecule has 1 N–H and O–H groups in total. The molecule has 1 atom stereocenters. The fraction of sp³-hybridized carbons (Fsp3) is 0.235. The third kappa shape index (κ3) is 3.93. The van der Waals surface area contributed by atoms with Crippen molar-refractivity contribution in [2.45, 2.75) is 26.4 Å². The Labute approximate surface area is 140 Å². The number of carbonyl (C=O) groups is 1. The predicted molar refractivity (Wildman–Crippen MR) is 91.0 cm³/mol. The molecule has 0 aliphatic rings. The van der Waals surface area contributed by atoms with E-state index < -0.39 is 6.10 Å². The van der Waals surface area contributed by atoms with Crippen LogP contribution in [-0.4, -0.2) is 12.0 Å². The minimum Gasteiger partial charge on any atom is -0.480 e. The molecule has 5 heteroatoms. The van der Waals surface area contributed by atoms with Crippen molar-refractivity contribution >= 4 is 34.8 Å². The van der Waals surface area contributed by atoms with Crippen LogP contribution in [0.5, 0.6) is 5.75 Å². The van der Waals surface area contributed by atoms with Crippen molar-refractivity contribution in [1.82, 2.24) is 0 Å². The van der Waals surface area contributed by atoms with Gasteiger partial charge in [-0.05, 0) is 37.1 Å². The van der Waals surface area contributed by atoms with E-state index in [-0.39, 0.29) is 5.91 Å². The largest absolute Gasteiger partial charge is 0.480 e. The summed E-state index contributed by atoms with van der Waals surface area (Å²) in [5.74, 6) is 0.413. The van der Waals surface area contributed by atoms with Gasteiger partial charge in [0, 0.05) is 0 Å². The molecule has 0 fully saturated rings. The van der Waals surface area contributed by atoms with Crippen molar-refractivity contribution in [3.63, 3.8) is 0 Å². The molecule has 0 aromatic heterocycles. The van der Waals surface area contributed by atoms with Crippen molar-refractivity contribution in [1.29, 1.82) is 0 Å². The number of hydrogen-bond donors (Lipinski definition) is 1. The first-order valence-corrected chi connectivity index (χ1v) is 7.75. The first-order valence-electron chi connectivity index (χ1n) is 7.00. The number of benzene rings is 2. The molecule has 116 valence electrons. The van der Waals surface area contributed by atoms with Crippen LogP contribution in [0.3, 0.4) is 0 Å². The highest BCUT2D eigenvalue weighted by Crippen LogP contribution is 2.30. The van der Waals surface area contributed by atoms with Gasteiger partial charge in [-0.2, -0.15) is 0 Å². The predicted octanol–water partition coefficient (Wildman–Crippen LogP) is 5.10. The second kappa shape index (κ2) is 7.52. The number of nitrogens with one attached hydrogen (secondary N) is 1. The Balaban J connectivity index is 2.14. The molecule has 0 unspecified atom stereocenters. The Hall–Kier alpha value is -1.71. The number of rotatable bonds is 5. The van der Waals surface area contributed by atoms with E-state index in [1.54, 1.807) is 18.2 Å². The molecule has 0 saturated heterocycles. The summed E-state index contributed by atoms with van der Waals surface area (Å²) in [6.45, 7) is 3.82. The van der Waals surface area contributed by atoms with Gasteiger partial charge in [-0.15, -0.1) is 0 Å². The van der Waals surface area contributed by atoms with Crippen LogP contribution in [0, 0.1) is 6.92 Å². The van der Waals surface area contributed by atoms with Crippen LogP contribution in [0.15, 0.2) is 42.5 Å². The molecule has 3 nitrogen and oxygen atoms in total. The summed E-state index contributed by atoms with van der Waals surface area (Å²) in [5.41, 5.74) is 1.38. The third-order valence-corrected chi connectivity index (χ3v) is 3.87. The summed E-state index contributed by atoms with van der Waals surface area (Å²) >= 11 is 12.1. The molecule has 2 aromatic rings. The highest BCUT2D eigenvalue weighted by molar-refractivity contribution is 6.39. The molecule has 2 aromatic carbocycles. The summed E-state index contributed by atoms with van der Waals surface area (Å²) in [6.07, 6.45) is -0.0872. The maximum atomic E-state index is 12.4. The maximum Gasteiger partial charge on any atom is 0.265 e. The zero-order chi connectivity index (χ0) is 16.1. The summed E-state index contributed by atoms with van der Waals surface area (Å²) in [4.78, 5) is 12.4. The highest BCUT2D eigenvalue weighted by Gasteiger charge is 2.21. The van der Waals surface area contributed by atoms with Crippen LogP contribution >= 0.6 is 23.2 Å². The Kier molecular flexibility index (Phi) is 5.69. The number of hydrogen-bond acceptors (Lipinski definition) is 2. The van der Waals surface area contributed by atoms with E-state index in [0.29, 0.717) is 27.9 Å². The number of carbonyl (C=O) groups excluding carboxylic acids is 1. The summed E-state index contributed by atoms with van der Waals surface area (Å²) in [6, 6.07) is 12.6. The molecule has 22 heavy (non-hydrogen) atoms. The third-order valence-electron chi connectivity index (χ3n) is 3.24. The SMILES string of the molecule is CC[C@H](Oc1ccccc1C)C(=O)Nc1c(Cl)cccc1Cl. The Morgan fingerprint density at radius 2 is 1.77 bits per heavy atom. The lowest BCUT2D eigenvalue weighted by atomic mass is 10.2. The van der Waals surface area contributed by atoms with Crippen molar-refractivity contribution in [3.8, 4) is 5.75 Å². The van der Waals surface area contributed by atoms with Crippen molar-refractivity contribution in [3.05, 3.63) is 58.1 Å². The quantitative estimate of drug-likeness (QED) is 0.824. The van der Waals surface area contributed by atoms with E-state index >= 15 is 0 Å². The first kappa shape index (κ1) is 16.7. The van der Waals surface area contributed by atoms with E-state index in [9.17, 15) is 4.79 Å². The van der Waals surface area contributed by atoms with Gasteiger partial charge in [0.15, 0.2) is 6.10 Å². The summed E-state index contributed by atoms with van der Waals surface area (Å²) in [5, 5.41) is 3.53. The van der Waals surface area contributed by atoms with Crippen LogP contribution in [0.1, 0.15) is 18.9 Å². The van der Waals surface area contributed by atoms with E-state index in [0.717, 1.165) is 5.56 Å². The van der Waals surface area contributed by atoms with Gasteiger partial charge in [0.1, 0.15) is 5.75 Å². The minimum atomic E-state index is -0.617. The number of amides is 1. The zero-order valence-corrected chi connectivity index (χ0v) is 13.9. The summed E-state index contributed by atoms with van der Waals surface area (Å²) in [7, 11) is 0. The Morgan fingerprint density at radius 1 is 1.14 bits per heavy atom. The average Bonchev–Trinajstić information content (AvgIpc) is 2.50. The van der Waals surface area contributed by atoms with Gasteiger partial charge in [-0.25, -0.2) is 0 Å². The monoisotopic (exact) mass is 337 g/mol. The maximum absolute atomic E-state index is 12.4. The van der Waals surface area contributed by atoms with E-state index in [1.807, 2.05) is 38.1 Å². The summed E-state index contributed by atoms with van der Waals surface area (Å²) < 4.78 is 5.81. The first-order chi connectivity index (χ1) is 10.5. The highest BCUT2D eigenvalue weighted by atomic mass is 35.5. The van der Waals surface area contributed by atoms with Crippen LogP contribution in [-0.2, 0) is 4.79 Å². The van der Waals surface area contributed by atoms with E-state index in [2.05, 4.69) is 5.32 Å². The molecule has 0 aliphatic heterocycles. The molecule has 0 aliphatic carbocycles. The van der Waals surface area contributed by atoms with Gasteiger partial charge in [0.2, 0.25) is 0 Å². The van der Waals surface area contributed by atoms with Crippen LogP contribution in [0.2, 0.25) is 10.0 Å². The Bertz CT molecular complexity index is 653. The van der Waals surface area contributed by atoms with Crippen LogP contribution in [0.25, 0.3) is 0 Å². The topological polar surface area (TPSA) is 38.3 Å². The van der Waals surface area contributed by atoms with Crippen molar-refractivity contribution in [2.24, 2.45) is 0 Å². The molecule has 0 heterocycles. The van der Waals surface area contributed by atoms with E-state index in [4.69, 9.17) is 27.9 Å². The lowest BCUT2D eigenvalue weighted by Gasteiger charge is -2.19. The van der Waals surface area contributed by atoms with Crippen LogP contribution < -0.4 is 10.1 Å². The minimum absolute atomic E-state index is 0.277. The number of para-hydroxylation sites is 2. The Morgan fingerprint density at radius 3 is 2.36 bits per heavy atom. The molecule has 0 radical (unpaired) electrons. The molecular formula is C17H17Cl2NO2. The second-order valence-electron chi connectivity index (χ2n) is 4.87. The van der Waals surface area contributed by atoms with Gasteiger partial charge in [0.05, 0.1) is 15.7 Å². The number of halogens is 2. The average molecular weight is 338 g/mol.